The lowest BCUT2D eigenvalue weighted by Gasteiger charge is -2.12. The van der Waals surface area contributed by atoms with Crippen molar-refractivity contribution in [3.8, 4) is 11.8 Å². The molecule has 2 atom stereocenters. The first-order valence-corrected chi connectivity index (χ1v) is 5.03. The Bertz CT molecular complexity index is 385. The monoisotopic (exact) mass is 224 g/mol. The summed E-state index contributed by atoms with van der Waals surface area (Å²) in [5.74, 6) is 0.509. The summed E-state index contributed by atoms with van der Waals surface area (Å²) in [6, 6.07) is 7.24. The van der Waals surface area contributed by atoms with E-state index >= 15 is 0 Å². The van der Waals surface area contributed by atoms with Gasteiger partial charge in [0.15, 0.2) is 6.10 Å². The van der Waals surface area contributed by atoms with Gasteiger partial charge in [0.1, 0.15) is 11.8 Å². The second-order valence-corrected chi connectivity index (χ2v) is 3.77. The third kappa shape index (κ3) is 3.12. The number of hydrogen-bond acceptors (Lipinski definition) is 3. The molecule has 1 aromatic carbocycles. The molecule has 0 aliphatic heterocycles. The lowest BCUT2D eigenvalue weighted by atomic mass is 10.1. The topological polar surface area (TPSA) is 59.0 Å². The van der Waals surface area contributed by atoms with Gasteiger partial charge in [-0.25, -0.2) is 0 Å². The van der Waals surface area contributed by atoms with E-state index < -0.39 is 6.10 Å². The highest BCUT2D eigenvalue weighted by Crippen LogP contribution is 2.27. The Hall–Kier alpha value is -1.24. The van der Waals surface area contributed by atoms with Crippen LogP contribution < -0.4 is 10.5 Å². The predicted octanol–water partition coefficient (Wildman–Crippen LogP) is 2.65. The Kier molecular flexibility index (Phi) is 3.96. The quantitative estimate of drug-likeness (QED) is 0.859. The van der Waals surface area contributed by atoms with E-state index in [0.29, 0.717) is 10.8 Å². The number of hydrogen-bond donors (Lipinski definition) is 1. The number of nitrogens with zero attached hydrogens (tertiary/aromatic N) is 1. The maximum Gasteiger partial charge on any atom is 0.181 e. The van der Waals surface area contributed by atoms with Crippen molar-refractivity contribution in [3.05, 3.63) is 28.8 Å². The minimum atomic E-state index is -0.511. The van der Waals surface area contributed by atoms with Crippen LogP contribution >= 0.6 is 11.6 Å². The number of ether oxygens (including phenoxy) is 1. The van der Waals surface area contributed by atoms with E-state index in [1.807, 2.05) is 19.1 Å². The van der Waals surface area contributed by atoms with Crippen molar-refractivity contribution in [3.63, 3.8) is 0 Å². The van der Waals surface area contributed by atoms with Gasteiger partial charge in [-0.1, -0.05) is 17.7 Å². The maximum absolute atomic E-state index is 8.59. The summed E-state index contributed by atoms with van der Waals surface area (Å²) in [5.41, 5.74) is 6.65. The van der Waals surface area contributed by atoms with Gasteiger partial charge in [-0.2, -0.15) is 5.26 Å². The van der Waals surface area contributed by atoms with Crippen molar-refractivity contribution in [2.24, 2.45) is 5.73 Å². The van der Waals surface area contributed by atoms with Crippen LogP contribution in [0, 0.1) is 11.3 Å². The molecule has 0 radical (unpaired) electrons. The van der Waals surface area contributed by atoms with E-state index in [1.165, 1.54) is 0 Å². The predicted molar refractivity (Wildman–Crippen MR) is 59.8 cm³/mol. The van der Waals surface area contributed by atoms with E-state index in [1.54, 1.807) is 19.1 Å². The zero-order chi connectivity index (χ0) is 11.4. The van der Waals surface area contributed by atoms with Gasteiger partial charge in [0.25, 0.3) is 0 Å². The van der Waals surface area contributed by atoms with E-state index in [4.69, 9.17) is 27.3 Å². The molecule has 1 rings (SSSR count). The zero-order valence-electron chi connectivity index (χ0n) is 8.70. The highest BCUT2D eigenvalue weighted by atomic mass is 35.5. The fraction of sp³-hybridized carbons (Fsp3) is 0.364. The smallest absolute Gasteiger partial charge is 0.181 e. The van der Waals surface area contributed by atoms with E-state index in [9.17, 15) is 0 Å². The van der Waals surface area contributed by atoms with Gasteiger partial charge >= 0.3 is 0 Å². The Labute approximate surface area is 94.4 Å². The van der Waals surface area contributed by atoms with Crippen molar-refractivity contribution < 1.29 is 4.74 Å². The molecule has 3 nitrogen and oxygen atoms in total. The van der Waals surface area contributed by atoms with Crippen molar-refractivity contribution >= 4 is 11.6 Å². The number of rotatable bonds is 3. The molecule has 2 N–H and O–H groups in total. The van der Waals surface area contributed by atoms with Crippen molar-refractivity contribution in [1.82, 2.24) is 0 Å². The molecule has 0 fully saturated rings. The molecule has 0 aliphatic carbocycles. The maximum atomic E-state index is 8.59. The minimum absolute atomic E-state index is 0.0649. The normalized spacial score (nSPS) is 14.1. The Morgan fingerprint density at radius 1 is 1.47 bits per heavy atom. The van der Waals surface area contributed by atoms with Gasteiger partial charge in [0.2, 0.25) is 0 Å². The fourth-order valence-electron chi connectivity index (χ4n) is 1.11. The Morgan fingerprint density at radius 3 is 2.60 bits per heavy atom. The van der Waals surface area contributed by atoms with Crippen LogP contribution in [0.25, 0.3) is 0 Å². The summed E-state index contributed by atoms with van der Waals surface area (Å²) in [5, 5.41) is 9.07. The van der Waals surface area contributed by atoms with Crippen LogP contribution in [0.3, 0.4) is 0 Å². The molecule has 15 heavy (non-hydrogen) atoms. The molecule has 0 aliphatic rings. The van der Waals surface area contributed by atoms with Crippen molar-refractivity contribution in [2.45, 2.75) is 26.0 Å². The summed E-state index contributed by atoms with van der Waals surface area (Å²) < 4.78 is 5.30. The third-order valence-corrected chi connectivity index (χ3v) is 2.26. The number of halogens is 1. The van der Waals surface area contributed by atoms with Crippen LogP contribution in [0.1, 0.15) is 25.5 Å². The van der Waals surface area contributed by atoms with Crippen LogP contribution in [-0.2, 0) is 0 Å². The SMILES string of the molecule is CC(C#N)Oc1ccc(C(C)N)cc1Cl. The first-order chi connectivity index (χ1) is 7.04. The van der Waals surface area contributed by atoms with Gasteiger partial charge in [0.05, 0.1) is 5.02 Å². The minimum Gasteiger partial charge on any atom is -0.474 e. The highest BCUT2D eigenvalue weighted by molar-refractivity contribution is 6.32. The van der Waals surface area contributed by atoms with Crippen LogP contribution in [0.5, 0.6) is 5.75 Å². The van der Waals surface area contributed by atoms with Gasteiger partial charge in [-0.3, -0.25) is 0 Å². The van der Waals surface area contributed by atoms with E-state index in [2.05, 4.69) is 0 Å². The number of nitriles is 1. The molecule has 80 valence electrons. The van der Waals surface area contributed by atoms with Crippen LogP contribution in [0.2, 0.25) is 5.02 Å². The molecule has 0 heterocycles. The summed E-state index contributed by atoms with van der Waals surface area (Å²) in [6.45, 7) is 3.54. The first-order valence-electron chi connectivity index (χ1n) is 4.66. The zero-order valence-corrected chi connectivity index (χ0v) is 9.45. The molecule has 0 amide bonds. The second-order valence-electron chi connectivity index (χ2n) is 3.37. The molecule has 0 bridgehead atoms. The average Bonchev–Trinajstić information content (AvgIpc) is 2.20. The van der Waals surface area contributed by atoms with Gasteiger partial charge < -0.3 is 10.5 Å². The summed E-state index contributed by atoms with van der Waals surface area (Å²) in [7, 11) is 0. The Balaban J connectivity index is 2.89. The van der Waals surface area contributed by atoms with Crippen LogP contribution in [0.4, 0.5) is 0 Å². The molecular weight excluding hydrogens is 212 g/mol. The summed E-state index contributed by atoms with van der Waals surface area (Å²) in [6.07, 6.45) is -0.511. The number of benzene rings is 1. The molecule has 1 aromatic rings. The summed E-state index contributed by atoms with van der Waals surface area (Å²) >= 11 is 5.98. The molecule has 0 saturated heterocycles. The Morgan fingerprint density at radius 2 is 2.13 bits per heavy atom. The van der Waals surface area contributed by atoms with Gasteiger partial charge in [0, 0.05) is 6.04 Å². The average molecular weight is 225 g/mol. The third-order valence-electron chi connectivity index (χ3n) is 1.97. The highest BCUT2D eigenvalue weighted by Gasteiger charge is 2.08. The van der Waals surface area contributed by atoms with E-state index in [0.717, 1.165) is 5.56 Å². The molecule has 2 unspecified atom stereocenters. The lowest BCUT2D eigenvalue weighted by molar-refractivity contribution is 0.276. The molecule has 0 saturated carbocycles. The molecule has 0 spiro atoms. The van der Waals surface area contributed by atoms with Crippen molar-refractivity contribution in [2.75, 3.05) is 0 Å². The molecular formula is C11H13ClN2O. The van der Waals surface area contributed by atoms with Crippen LogP contribution in [-0.4, -0.2) is 6.10 Å². The van der Waals surface area contributed by atoms with Gasteiger partial charge in [-0.05, 0) is 31.5 Å². The second kappa shape index (κ2) is 5.01. The molecule has 4 heteroatoms. The largest absolute Gasteiger partial charge is 0.474 e. The molecule has 0 aromatic heterocycles. The standard InChI is InChI=1S/C11H13ClN2O/c1-7(6-13)15-11-4-3-9(8(2)14)5-10(11)12/h3-5,7-8H,14H2,1-2H3. The fourth-order valence-corrected chi connectivity index (χ4v) is 1.35. The van der Waals surface area contributed by atoms with E-state index in [-0.39, 0.29) is 6.04 Å². The van der Waals surface area contributed by atoms with Crippen LogP contribution in [0.15, 0.2) is 18.2 Å². The lowest BCUT2D eigenvalue weighted by Crippen LogP contribution is -2.09. The first kappa shape index (κ1) is 11.8. The van der Waals surface area contributed by atoms with Gasteiger partial charge in [-0.15, -0.1) is 0 Å². The number of nitrogens with two attached hydrogens (primary N) is 1. The van der Waals surface area contributed by atoms with Crippen molar-refractivity contribution in [1.29, 1.82) is 5.26 Å². The summed E-state index contributed by atoms with van der Waals surface area (Å²) in [4.78, 5) is 0.